The second-order valence-electron chi connectivity index (χ2n) is 8.49. The van der Waals surface area contributed by atoms with Gasteiger partial charge >= 0.3 is 0 Å². The van der Waals surface area contributed by atoms with E-state index in [1.165, 1.54) is 16.2 Å². The Morgan fingerprint density at radius 1 is 1.03 bits per heavy atom. The van der Waals surface area contributed by atoms with Gasteiger partial charge in [-0.15, -0.1) is 11.3 Å². The minimum atomic E-state index is -0.464. The first-order valence-corrected chi connectivity index (χ1v) is 11.7. The molecule has 0 aromatic carbocycles. The van der Waals surface area contributed by atoms with Crippen molar-refractivity contribution >= 4 is 34.1 Å². The predicted octanol–water partition coefficient (Wildman–Crippen LogP) is 0.903. The molecule has 3 amide bonds. The van der Waals surface area contributed by atoms with Crippen molar-refractivity contribution in [3.63, 3.8) is 0 Å². The summed E-state index contributed by atoms with van der Waals surface area (Å²) in [5, 5.41) is 3.56. The summed E-state index contributed by atoms with van der Waals surface area (Å²) in [7, 11) is 0. The molecule has 1 aromatic heterocycles. The Balaban J connectivity index is 1.30. The van der Waals surface area contributed by atoms with Gasteiger partial charge in [0.15, 0.2) is 0 Å². The third-order valence-electron chi connectivity index (χ3n) is 6.56. The molecule has 0 radical (unpaired) electrons. The highest BCUT2D eigenvalue weighted by atomic mass is 32.1. The van der Waals surface area contributed by atoms with Gasteiger partial charge in [0.1, 0.15) is 5.00 Å². The van der Waals surface area contributed by atoms with Crippen LogP contribution in [0.1, 0.15) is 47.0 Å². The number of aryl methyl sites for hydroxylation is 1. The van der Waals surface area contributed by atoms with Crippen molar-refractivity contribution in [2.75, 3.05) is 51.1 Å². The molecule has 3 heterocycles. The quantitative estimate of drug-likeness (QED) is 0.695. The number of anilines is 1. The van der Waals surface area contributed by atoms with Crippen LogP contribution >= 0.6 is 11.3 Å². The Morgan fingerprint density at radius 3 is 2.40 bits per heavy atom. The van der Waals surface area contributed by atoms with E-state index in [0.717, 1.165) is 76.9 Å². The van der Waals surface area contributed by atoms with Crippen molar-refractivity contribution in [2.24, 2.45) is 5.73 Å². The Hall–Kier alpha value is -1.97. The van der Waals surface area contributed by atoms with Gasteiger partial charge in [-0.3, -0.25) is 24.2 Å². The smallest absolute Gasteiger partial charge is 0.251 e. The number of hydrogen-bond acceptors (Lipinski definition) is 6. The highest BCUT2D eigenvalue weighted by Gasteiger charge is 2.30. The monoisotopic (exact) mass is 433 g/mol. The van der Waals surface area contributed by atoms with Crippen LogP contribution in [0.2, 0.25) is 0 Å². The first kappa shape index (κ1) is 21.3. The third-order valence-corrected chi connectivity index (χ3v) is 7.76. The Morgan fingerprint density at radius 2 is 1.73 bits per heavy atom. The van der Waals surface area contributed by atoms with Crippen LogP contribution in [0.15, 0.2) is 0 Å². The fourth-order valence-corrected chi connectivity index (χ4v) is 6.00. The summed E-state index contributed by atoms with van der Waals surface area (Å²) in [6.45, 7) is 7.17. The lowest BCUT2D eigenvalue weighted by Crippen LogP contribution is -2.54. The van der Waals surface area contributed by atoms with Gasteiger partial charge in [0.05, 0.1) is 18.2 Å². The molecule has 0 spiro atoms. The van der Waals surface area contributed by atoms with E-state index in [9.17, 15) is 14.4 Å². The number of nitrogens with one attached hydrogen (secondary N) is 1. The highest BCUT2D eigenvalue weighted by molar-refractivity contribution is 7.17. The number of fused-ring (bicyclic) bond motifs is 1. The number of likely N-dealkylation sites (tertiary alicyclic amines) is 1. The predicted molar refractivity (Wildman–Crippen MR) is 117 cm³/mol. The summed E-state index contributed by atoms with van der Waals surface area (Å²) < 4.78 is 0. The second kappa shape index (κ2) is 9.03. The van der Waals surface area contributed by atoms with E-state index in [0.29, 0.717) is 17.1 Å². The van der Waals surface area contributed by atoms with Crippen molar-refractivity contribution in [1.82, 2.24) is 14.7 Å². The molecule has 2 fully saturated rings. The number of carbonyl (C=O) groups excluding carboxylic acids is 3. The minimum absolute atomic E-state index is 0.112. The molecule has 1 aliphatic carbocycles. The number of carbonyl (C=O) groups is 3. The van der Waals surface area contributed by atoms with Crippen molar-refractivity contribution in [1.29, 1.82) is 0 Å². The molecular weight excluding hydrogens is 402 g/mol. The van der Waals surface area contributed by atoms with E-state index in [4.69, 9.17) is 5.73 Å². The number of nitrogens with two attached hydrogens (primary N) is 1. The number of nitrogens with zero attached hydrogens (tertiary/aromatic N) is 3. The van der Waals surface area contributed by atoms with Gasteiger partial charge in [0, 0.05) is 44.1 Å². The van der Waals surface area contributed by atoms with E-state index in [1.54, 1.807) is 0 Å². The third kappa shape index (κ3) is 4.38. The maximum Gasteiger partial charge on any atom is 0.251 e. The van der Waals surface area contributed by atoms with Gasteiger partial charge in [-0.05, 0) is 44.6 Å². The fraction of sp³-hybridized carbons (Fsp3) is 0.667. The maximum atomic E-state index is 12.9. The maximum absolute atomic E-state index is 12.9. The van der Waals surface area contributed by atoms with Crippen LogP contribution in [-0.4, -0.2) is 84.3 Å². The van der Waals surface area contributed by atoms with Gasteiger partial charge in [0.2, 0.25) is 11.8 Å². The van der Waals surface area contributed by atoms with Crippen molar-refractivity contribution in [3.05, 3.63) is 16.0 Å². The van der Waals surface area contributed by atoms with E-state index in [2.05, 4.69) is 15.1 Å². The SMILES string of the molecule is C[C@H](C(=O)Nc1sc2c(c1C(N)=O)CCC2)N1CCN(CC(=O)N2CCCC2)CC1. The molecule has 3 N–H and O–H groups in total. The highest BCUT2D eigenvalue weighted by Crippen LogP contribution is 2.38. The summed E-state index contributed by atoms with van der Waals surface area (Å²) in [4.78, 5) is 44.6. The van der Waals surface area contributed by atoms with E-state index in [-0.39, 0.29) is 17.9 Å². The zero-order valence-electron chi connectivity index (χ0n) is 17.6. The number of primary amides is 1. The van der Waals surface area contributed by atoms with Crippen LogP contribution in [0.5, 0.6) is 0 Å². The molecule has 1 atom stereocenters. The van der Waals surface area contributed by atoms with Crippen LogP contribution in [0.3, 0.4) is 0 Å². The summed E-state index contributed by atoms with van der Waals surface area (Å²) in [5.74, 6) is -0.357. The van der Waals surface area contributed by atoms with Gasteiger partial charge < -0.3 is 16.0 Å². The molecule has 164 valence electrons. The van der Waals surface area contributed by atoms with Gasteiger partial charge in [-0.2, -0.15) is 0 Å². The zero-order chi connectivity index (χ0) is 21.3. The first-order chi connectivity index (χ1) is 14.4. The Kier molecular flexibility index (Phi) is 6.40. The molecule has 0 bridgehead atoms. The molecular formula is C21H31N5O3S. The molecule has 8 nitrogen and oxygen atoms in total. The topological polar surface area (TPSA) is 99.0 Å². The van der Waals surface area contributed by atoms with E-state index >= 15 is 0 Å². The van der Waals surface area contributed by atoms with Crippen LogP contribution in [0, 0.1) is 0 Å². The summed E-state index contributed by atoms with van der Waals surface area (Å²) >= 11 is 1.49. The average Bonchev–Trinajstić information content (AvgIpc) is 3.45. The van der Waals surface area contributed by atoms with Crippen LogP contribution in [0.4, 0.5) is 5.00 Å². The van der Waals surface area contributed by atoms with Crippen molar-refractivity contribution < 1.29 is 14.4 Å². The number of piperazine rings is 1. The lowest BCUT2D eigenvalue weighted by molar-refractivity contribution is -0.132. The van der Waals surface area contributed by atoms with Gasteiger partial charge in [-0.25, -0.2) is 0 Å². The lowest BCUT2D eigenvalue weighted by atomic mass is 10.1. The number of hydrogen-bond donors (Lipinski definition) is 2. The molecule has 30 heavy (non-hydrogen) atoms. The number of thiophene rings is 1. The summed E-state index contributed by atoms with van der Waals surface area (Å²) in [6.07, 6.45) is 5.06. The minimum Gasteiger partial charge on any atom is -0.365 e. The van der Waals surface area contributed by atoms with Crippen LogP contribution < -0.4 is 11.1 Å². The normalized spacial score (nSPS) is 20.9. The van der Waals surface area contributed by atoms with Gasteiger partial charge in [0.25, 0.3) is 5.91 Å². The van der Waals surface area contributed by atoms with Crippen molar-refractivity contribution in [2.45, 2.75) is 45.1 Å². The molecule has 1 aromatic rings. The molecule has 4 rings (SSSR count). The standard InChI is InChI=1S/C21H31N5O3S/c1-14(20(29)23-21-18(19(22)28)15-5-4-6-16(15)30-21)25-11-9-24(10-12-25)13-17(27)26-7-2-3-8-26/h14H,2-13H2,1H3,(H2,22,28)(H,23,29)/t14-/m1/s1. The Labute approximate surface area is 181 Å². The molecule has 9 heteroatoms. The molecule has 0 unspecified atom stereocenters. The number of rotatable bonds is 6. The first-order valence-electron chi connectivity index (χ1n) is 10.9. The number of amides is 3. The zero-order valence-corrected chi connectivity index (χ0v) is 18.4. The van der Waals surface area contributed by atoms with Gasteiger partial charge in [-0.1, -0.05) is 0 Å². The lowest BCUT2D eigenvalue weighted by Gasteiger charge is -2.37. The molecule has 2 saturated heterocycles. The van der Waals surface area contributed by atoms with E-state index < -0.39 is 5.91 Å². The van der Waals surface area contributed by atoms with E-state index in [1.807, 2.05) is 11.8 Å². The summed E-state index contributed by atoms with van der Waals surface area (Å²) in [6, 6.07) is -0.306. The average molecular weight is 434 g/mol. The summed E-state index contributed by atoms with van der Waals surface area (Å²) in [5.41, 5.74) is 7.11. The van der Waals surface area contributed by atoms with Crippen LogP contribution in [-0.2, 0) is 22.4 Å². The molecule has 0 saturated carbocycles. The van der Waals surface area contributed by atoms with Crippen molar-refractivity contribution in [3.8, 4) is 0 Å². The fourth-order valence-electron chi connectivity index (χ4n) is 4.70. The largest absolute Gasteiger partial charge is 0.365 e. The second-order valence-corrected chi connectivity index (χ2v) is 9.60. The molecule has 3 aliphatic rings. The van der Waals surface area contributed by atoms with Crippen LogP contribution in [0.25, 0.3) is 0 Å². The Bertz CT molecular complexity index is 825. The molecule has 2 aliphatic heterocycles.